The van der Waals surface area contributed by atoms with Crippen LogP contribution in [0.3, 0.4) is 0 Å². The van der Waals surface area contributed by atoms with E-state index < -0.39 is 9.84 Å². The lowest BCUT2D eigenvalue weighted by Crippen LogP contribution is -2.50. The van der Waals surface area contributed by atoms with E-state index in [1.165, 1.54) is 11.3 Å². The molecule has 2 fully saturated rings. The van der Waals surface area contributed by atoms with E-state index in [1.54, 1.807) is 0 Å². The minimum Gasteiger partial charge on any atom is -0.346 e. The molecule has 2 saturated heterocycles. The van der Waals surface area contributed by atoms with Gasteiger partial charge < -0.3 is 5.32 Å². The summed E-state index contributed by atoms with van der Waals surface area (Å²) in [7, 11) is -3.07. The average Bonchev–Trinajstić information content (AvgIpc) is 3.17. The molecule has 0 saturated carbocycles. The van der Waals surface area contributed by atoms with Gasteiger partial charge in [-0.25, -0.2) is 8.42 Å². The van der Waals surface area contributed by atoms with E-state index in [1.807, 2.05) is 18.4 Å². The molecular formula is C15H22N2O3S2. The Morgan fingerprint density at radius 1 is 1.36 bits per heavy atom. The number of likely N-dealkylation sites (tertiary alicyclic amines) is 1. The minimum atomic E-state index is -3.07. The Balaban J connectivity index is 1.75. The molecule has 2 atom stereocenters. The van der Waals surface area contributed by atoms with E-state index in [2.05, 4.69) is 10.2 Å². The van der Waals surface area contributed by atoms with Crippen molar-refractivity contribution in [2.24, 2.45) is 0 Å². The van der Waals surface area contributed by atoms with Crippen LogP contribution in [0.15, 0.2) is 11.4 Å². The fourth-order valence-electron chi connectivity index (χ4n) is 3.45. The summed E-state index contributed by atoms with van der Waals surface area (Å²) in [6, 6.07) is 1.60. The van der Waals surface area contributed by atoms with Crippen LogP contribution in [-0.4, -0.2) is 55.9 Å². The maximum Gasteiger partial charge on any atom is 0.261 e. The Morgan fingerprint density at radius 2 is 2.09 bits per heavy atom. The van der Waals surface area contributed by atoms with Gasteiger partial charge in [0.2, 0.25) is 0 Å². The van der Waals surface area contributed by atoms with Crippen LogP contribution in [0, 0.1) is 0 Å². The lowest BCUT2D eigenvalue weighted by Gasteiger charge is -2.28. The summed E-state index contributed by atoms with van der Waals surface area (Å²) < 4.78 is 24.0. The molecule has 3 rings (SSSR count). The van der Waals surface area contributed by atoms with Gasteiger partial charge in [-0.05, 0) is 49.4 Å². The van der Waals surface area contributed by atoms with Crippen LogP contribution in [0.4, 0.5) is 0 Å². The Kier molecular flexibility index (Phi) is 4.56. The molecule has 1 aromatic heterocycles. The van der Waals surface area contributed by atoms with Crippen LogP contribution in [-0.2, 0) is 16.3 Å². The van der Waals surface area contributed by atoms with Crippen LogP contribution in [0.5, 0.6) is 0 Å². The molecule has 7 heteroatoms. The summed E-state index contributed by atoms with van der Waals surface area (Å²) in [6.07, 6.45) is 3.04. The number of amides is 1. The molecule has 0 bridgehead atoms. The summed E-state index contributed by atoms with van der Waals surface area (Å²) in [6.45, 7) is 3.89. The number of thiophene rings is 1. The van der Waals surface area contributed by atoms with E-state index in [0.29, 0.717) is 4.88 Å². The summed E-state index contributed by atoms with van der Waals surface area (Å²) in [5.41, 5.74) is 1.03. The fourth-order valence-corrected chi connectivity index (χ4v) is 6.30. The molecular weight excluding hydrogens is 320 g/mol. The van der Waals surface area contributed by atoms with Gasteiger partial charge >= 0.3 is 0 Å². The molecule has 3 heterocycles. The van der Waals surface area contributed by atoms with E-state index in [-0.39, 0.29) is 29.5 Å². The van der Waals surface area contributed by atoms with Gasteiger partial charge in [0.15, 0.2) is 9.84 Å². The molecule has 0 aromatic carbocycles. The van der Waals surface area contributed by atoms with Crippen molar-refractivity contribution in [2.45, 2.75) is 38.3 Å². The predicted molar refractivity (Wildman–Crippen MR) is 88.2 cm³/mol. The predicted octanol–water partition coefficient (Wildman–Crippen LogP) is 1.30. The molecule has 2 aliphatic rings. The SMILES string of the molecule is CCc1ccsc1C(=O)N[C@H]1CS(=O)(=O)C[C@H]1N1CCCC1. The third-order valence-corrected chi connectivity index (χ3v) is 7.25. The fraction of sp³-hybridized carbons (Fsp3) is 0.667. The number of carbonyl (C=O) groups excluding carboxylic acids is 1. The lowest BCUT2D eigenvalue weighted by molar-refractivity contribution is 0.0922. The Hall–Kier alpha value is -0.920. The highest BCUT2D eigenvalue weighted by Gasteiger charge is 2.42. The molecule has 0 spiro atoms. The number of nitrogens with one attached hydrogen (secondary N) is 1. The molecule has 2 aliphatic heterocycles. The molecule has 0 unspecified atom stereocenters. The maximum atomic E-state index is 12.5. The standard InChI is InChI=1S/C15H22N2O3S2/c1-2-11-5-8-21-14(11)15(18)16-12-9-22(19,20)10-13(12)17-6-3-4-7-17/h5,8,12-13H,2-4,6-7,9-10H2,1H3,(H,16,18)/t12-,13+/m0/s1. The van der Waals surface area contributed by atoms with Gasteiger partial charge in [-0.3, -0.25) is 9.69 Å². The molecule has 22 heavy (non-hydrogen) atoms. The summed E-state index contributed by atoms with van der Waals surface area (Å²) in [5, 5.41) is 4.90. The van der Waals surface area contributed by atoms with Crippen molar-refractivity contribution in [1.82, 2.24) is 10.2 Å². The molecule has 1 amide bonds. The van der Waals surface area contributed by atoms with Gasteiger partial charge in [0.25, 0.3) is 5.91 Å². The number of nitrogens with zero attached hydrogens (tertiary/aromatic N) is 1. The van der Waals surface area contributed by atoms with Crippen molar-refractivity contribution in [2.75, 3.05) is 24.6 Å². The first-order valence-corrected chi connectivity index (χ1v) is 10.5. The zero-order valence-corrected chi connectivity index (χ0v) is 14.4. The monoisotopic (exact) mass is 342 g/mol. The van der Waals surface area contributed by atoms with Crippen LogP contribution in [0.2, 0.25) is 0 Å². The van der Waals surface area contributed by atoms with Crippen LogP contribution in [0.25, 0.3) is 0 Å². The third-order valence-electron chi connectivity index (χ3n) is 4.58. The number of carbonyl (C=O) groups is 1. The minimum absolute atomic E-state index is 0.0622. The smallest absolute Gasteiger partial charge is 0.261 e. The van der Waals surface area contributed by atoms with Crippen molar-refractivity contribution in [3.63, 3.8) is 0 Å². The normalized spacial score (nSPS) is 28.0. The first-order valence-electron chi connectivity index (χ1n) is 7.82. The van der Waals surface area contributed by atoms with Crippen molar-refractivity contribution < 1.29 is 13.2 Å². The summed E-state index contributed by atoms with van der Waals surface area (Å²) >= 11 is 1.42. The van der Waals surface area contributed by atoms with Gasteiger partial charge in [-0.1, -0.05) is 6.92 Å². The van der Waals surface area contributed by atoms with E-state index in [4.69, 9.17) is 0 Å². The zero-order chi connectivity index (χ0) is 15.7. The third kappa shape index (κ3) is 3.21. The van der Waals surface area contributed by atoms with Gasteiger partial charge in [0.1, 0.15) is 0 Å². The number of sulfone groups is 1. The Labute approximate surface area is 135 Å². The number of aryl methyl sites for hydroxylation is 1. The first-order chi connectivity index (χ1) is 10.5. The van der Waals surface area contributed by atoms with Crippen molar-refractivity contribution in [3.05, 3.63) is 21.9 Å². The Morgan fingerprint density at radius 3 is 2.77 bits per heavy atom. The maximum absolute atomic E-state index is 12.5. The largest absolute Gasteiger partial charge is 0.346 e. The first kappa shape index (κ1) is 16.0. The number of rotatable bonds is 4. The summed E-state index contributed by atoms with van der Waals surface area (Å²) in [4.78, 5) is 15.4. The van der Waals surface area contributed by atoms with Gasteiger partial charge in [0, 0.05) is 6.04 Å². The average molecular weight is 342 g/mol. The Bertz CT molecular complexity index is 647. The van der Waals surface area contributed by atoms with Gasteiger partial charge in [-0.15, -0.1) is 11.3 Å². The lowest BCUT2D eigenvalue weighted by atomic mass is 10.1. The topological polar surface area (TPSA) is 66.5 Å². The molecule has 0 radical (unpaired) electrons. The molecule has 0 aliphatic carbocycles. The second kappa shape index (κ2) is 6.29. The number of hydrogen-bond acceptors (Lipinski definition) is 5. The van der Waals surface area contributed by atoms with Crippen LogP contribution >= 0.6 is 11.3 Å². The summed E-state index contributed by atoms with van der Waals surface area (Å²) in [5.74, 6) is 0.105. The van der Waals surface area contributed by atoms with Gasteiger partial charge in [0.05, 0.1) is 22.4 Å². The molecule has 1 aromatic rings. The van der Waals surface area contributed by atoms with Crippen LogP contribution in [0.1, 0.15) is 35.0 Å². The molecule has 5 nitrogen and oxygen atoms in total. The highest BCUT2D eigenvalue weighted by molar-refractivity contribution is 7.91. The molecule has 1 N–H and O–H groups in total. The zero-order valence-electron chi connectivity index (χ0n) is 12.7. The molecule has 122 valence electrons. The highest BCUT2D eigenvalue weighted by Crippen LogP contribution is 2.24. The highest BCUT2D eigenvalue weighted by atomic mass is 32.2. The van der Waals surface area contributed by atoms with E-state index >= 15 is 0 Å². The number of hydrogen-bond donors (Lipinski definition) is 1. The second-order valence-electron chi connectivity index (χ2n) is 6.10. The van der Waals surface area contributed by atoms with Crippen molar-refractivity contribution >= 4 is 27.1 Å². The second-order valence-corrected chi connectivity index (χ2v) is 9.17. The van der Waals surface area contributed by atoms with Crippen molar-refractivity contribution in [3.8, 4) is 0 Å². The van der Waals surface area contributed by atoms with Crippen molar-refractivity contribution in [1.29, 1.82) is 0 Å². The quantitative estimate of drug-likeness (QED) is 0.896. The van der Waals surface area contributed by atoms with Gasteiger partial charge in [-0.2, -0.15) is 0 Å². The van der Waals surface area contributed by atoms with E-state index in [0.717, 1.165) is 37.9 Å². The van der Waals surface area contributed by atoms with E-state index in [9.17, 15) is 13.2 Å². The van der Waals surface area contributed by atoms with Crippen LogP contribution < -0.4 is 5.32 Å².